The molecule has 3 rings (SSSR count). The van der Waals surface area contributed by atoms with Gasteiger partial charge in [-0.1, -0.05) is 30.3 Å². The lowest BCUT2D eigenvalue weighted by atomic mass is 9.94. The number of aromatic nitrogens is 2. The SMILES string of the molecule is CC(=N)NC(=O)c1cc(-c2nnc([C@](C)(N)Cc3ccccc3)o2)cc(N(C)S(C)(=O)=O)c1. The van der Waals surface area contributed by atoms with Gasteiger partial charge in [0.1, 0.15) is 0 Å². The van der Waals surface area contributed by atoms with Gasteiger partial charge in [0, 0.05) is 18.2 Å². The molecule has 0 bridgehead atoms. The molecule has 0 spiro atoms. The monoisotopic (exact) mass is 470 g/mol. The molecule has 0 saturated carbocycles. The molecule has 10 nitrogen and oxygen atoms in total. The molecule has 0 aliphatic carbocycles. The first-order chi connectivity index (χ1) is 15.4. The smallest absolute Gasteiger partial charge is 0.256 e. The van der Waals surface area contributed by atoms with E-state index in [0.29, 0.717) is 12.0 Å². The summed E-state index contributed by atoms with van der Waals surface area (Å²) in [6, 6.07) is 14.1. The number of hydrogen-bond acceptors (Lipinski definition) is 8. The summed E-state index contributed by atoms with van der Waals surface area (Å²) in [5.74, 6) is -0.341. The second-order valence-corrected chi connectivity index (χ2v) is 10.1. The maximum Gasteiger partial charge on any atom is 0.256 e. The van der Waals surface area contributed by atoms with Crippen molar-refractivity contribution in [2.24, 2.45) is 5.73 Å². The summed E-state index contributed by atoms with van der Waals surface area (Å²) >= 11 is 0. The number of nitrogens with zero attached hydrogens (tertiary/aromatic N) is 3. The first-order valence-electron chi connectivity index (χ1n) is 9.99. The van der Waals surface area contributed by atoms with E-state index in [1.54, 1.807) is 6.92 Å². The van der Waals surface area contributed by atoms with Crippen molar-refractivity contribution in [2.75, 3.05) is 17.6 Å². The molecular formula is C22H26N6O4S. The van der Waals surface area contributed by atoms with Gasteiger partial charge in [-0.15, -0.1) is 10.2 Å². The van der Waals surface area contributed by atoms with Crippen LogP contribution in [-0.4, -0.2) is 43.7 Å². The average Bonchev–Trinajstić information content (AvgIpc) is 3.23. The molecule has 1 amide bonds. The Balaban J connectivity index is 2.02. The van der Waals surface area contributed by atoms with E-state index in [1.165, 1.54) is 32.2 Å². The van der Waals surface area contributed by atoms with Crippen LogP contribution in [0.2, 0.25) is 0 Å². The van der Waals surface area contributed by atoms with E-state index in [0.717, 1.165) is 16.1 Å². The highest BCUT2D eigenvalue weighted by molar-refractivity contribution is 7.92. The van der Waals surface area contributed by atoms with Gasteiger partial charge in [-0.05, 0) is 44.0 Å². The summed E-state index contributed by atoms with van der Waals surface area (Å²) in [5.41, 5.74) is 7.20. The van der Waals surface area contributed by atoms with E-state index in [1.807, 2.05) is 30.3 Å². The molecule has 0 unspecified atom stereocenters. The number of sulfonamides is 1. The average molecular weight is 471 g/mol. The summed E-state index contributed by atoms with van der Waals surface area (Å²) in [5, 5.41) is 18.1. The number of amidine groups is 1. The lowest BCUT2D eigenvalue weighted by Gasteiger charge is -2.20. The molecule has 4 N–H and O–H groups in total. The first-order valence-corrected chi connectivity index (χ1v) is 11.8. The number of nitrogens with two attached hydrogens (primary N) is 1. The second kappa shape index (κ2) is 9.12. The summed E-state index contributed by atoms with van der Waals surface area (Å²) in [7, 11) is -2.23. The number of nitrogens with one attached hydrogen (secondary N) is 2. The van der Waals surface area contributed by atoms with Crippen LogP contribution in [0.15, 0.2) is 52.9 Å². The highest BCUT2D eigenvalue weighted by Crippen LogP contribution is 2.29. The number of anilines is 1. The minimum atomic E-state index is -3.60. The van der Waals surface area contributed by atoms with E-state index >= 15 is 0 Å². The fraction of sp³-hybridized carbons (Fsp3) is 0.273. The van der Waals surface area contributed by atoms with E-state index in [4.69, 9.17) is 15.6 Å². The third kappa shape index (κ3) is 5.82. The van der Waals surface area contributed by atoms with E-state index in [9.17, 15) is 13.2 Å². The second-order valence-electron chi connectivity index (χ2n) is 8.07. The van der Waals surface area contributed by atoms with Crippen molar-refractivity contribution in [3.8, 4) is 11.5 Å². The minimum absolute atomic E-state index is 0.0525. The fourth-order valence-corrected chi connectivity index (χ4v) is 3.64. The van der Waals surface area contributed by atoms with Crippen LogP contribution in [0.5, 0.6) is 0 Å². The predicted octanol–water partition coefficient (Wildman–Crippen LogP) is 2.28. The third-order valence-electron chi connectivity index (χ3n) is 4.92. The van der Waals surface area contributed by atoms with Crippen LogP contribution in [0.3, 0.4) is 0 Å². The van der Waals surface area contributed by atoms with E-state index in [2.05, 4.69) is 15.5 Å². The molecule has 0 aliphatic rings. The number of rotatable bonds is 7. The van der Waals surface area contributed by atoms with Gasteiger partial charge in [-0.25, -0.2) is 8.42 Å². The van der Waals surface area contributed by atoms with E-state index in [-0.39, 0.29) is 28.9 Å². The zero-order valence-corrected chi connectivity index (χ0v) is 19.6. The third-order valence-corrected chi connectivity index (χ3v) is 6.12. The fourth-order valence-electron chi connectivity index (χ4n) is 3.15. The normalized spacial score (nSPS) is 13.2. The Morgan fingerprint density at radius 3 is 2.48 bits per heavy atom. The van der Waals surface area contributed by atoms with Crippen molar-refractivity contribution in [1.82, 2.24) is 15.5 Å². The number of benzene rings is 2. The Kier molecular flexibility index (Phi) is 6.65. The zero-order valence-electron chi connectivity index (χ0n) is 18.8. The molecule has 1 aromatic heterocycles. The van der Waals surface area contributed by atoms with Gasteiger partial charge in [-0.2, -0.15) is 0 Å². The molecule has 0 aliphatic heterocycles. The Morgan fingerprint density at radius 2 is 1.88 bits per heavy atom. The largest absolute Gasteiger partial charge is 0.419 e. The number of amides is 1. The Hall–Kier alpha value is -3.57. The maximum absolute atomic E-state index is 12.5. The lowest BCUT2D eigenvalue weighted by Crippen LogP contribution is -2.35. The van der Waals surface area contributed by atoms with Crippen molar-refractivity contribution in [3.05, 3.63) is 65.5 Å². The quantitative estimate of drug-likeness (QED) is 0.353. The van der Waals surface area contributed by atoms with Crippen LogP contribution in [-0.2, 0) is 22.0 Å². The first kappa shape index (κ1) is 24.1. The number of carbonyl (C=O) groups excluding carboxylic acids is 1. The van der Waals surface area contributed by atoms with Crippen molar-refractivity contribution in [2.45, 2.75) is 25.8 Å². The van der Waals surface area contributed by atoms with Crippen molar-refractivity contribution in [3.63, 3.8) is 0 Å². The standard InChI is InChI=1S/C22H26N6O4S/c1-14(23)25-19(29)16-10-17(12-18(11-16)28(3)33(4,30)31)20-26-27-21(32-20)22(2,24)13-15-8-6-5-7-9-15/h5-12H,13,24H2,1-4H3,(H2,23,25,29)/t22-/m1/s1. The van der Waals surface area contributed by atoms with Gasteiger partial charge in [0.25, 0.3) is 5.91 Å². The molecule has 11 heteroatoms. The van der Waals surface area contributed by atoms with Gasteiger partial charge >= 0.3 is 0 Å². The lowest BCUT2D eigenvalue weighted by molar-refractivity contribution is 0.0976. The van der Waals surface area contributed by atoms with Gasteiger partial charge < -0.3 is 15.5 Å². The summed E-state index contributed by atoms with van der Waals surface area (Å²) in [6.07, 6.45) is 1.51. The van der Waals surface area contributed by atoms with Gasteiger partial charge in [-0.3, -0.25) is 14.5 Å². The summed E-state index contributed by atoms with van der Waals surface area (Å²) in [6.45, 7) is 3.20. The van der Waals surface area contributed by atoms with Crippen molar-refractivity contribution in [1.29, 1.82) is 5.41 Å². The highest BCUT2D eigenvalue weighted by Gasteiger charge is 2.29. The van der Waals surface area contributed by atoms with E-state index < -0.39 is 21.5 Å². The maximum atomic E-state index is 12.5. The molecule has 0 radical (unpaired) electrons. The van der Waals surface area contributed by atoms with Crippen LogP contribution in [0, 0.1) is 5.41 Å². The van der Waals surface area contributed by atoms with Gasteiger partial charge in [0.05, 0.1) is 23.3 Å². The van der Waals surface area contributed by atoms with Gasteiger partial charge in [0.15, 0.2) is 0 Å². The predicted molar refractivity (Wildman–Crippen MR) is 126 cm³/mol. The number of hydrogen-bond donors (Lipinski definition) is 3. The molecule has 0 fully saturated rings. The Labute approximate surface area is 192 Å². The number of carbonyl (C=O) groups is 1. The zero-order chi connectivity index (χ0) is 24.4. The molecule has 174 valence electrons. The summed E-state index contributed by atoms with van der Waals surface area (Å²) in [4.78, 5) is 12.5. The Bertz CT molecular complexity index is 1290. The van der Waals surface area contributed by atoms with Crippen LogP contribution in [0.4, 0.5) is 5.69 Å². The summed E-state index contributed by atoms with van der Waals surface area (Å²) < 4.78 is 31.0. The van der Waals surface area contributed by atoms with Gasteiger partial charge in [0.2, 0.25) is 21.8 Å². The van der Waals surface area contributed by atoms with Crippen LogP contribution >= 0.6 is 0 Å². The Morgan fingerprint density at radius 1 is 1.21 bits per heavy atom. The van der Waals surface area contributed by atoms with Crippen molar-refractivity contribution >= 4 is 27.5 Å². The van der Waals surface area contributed by atoms with Crippen LogP contribution in [0.25, 0.3) is 11.5 Å². The van der Waals surface area contributed by atoms with Crippen LogP contribution in [0.1, 0.15) is 35.7 Å². The molecule has 1 atom stereocenters. The van der Waals surface area contributed by atoms with Crippen molar-refractivity contribution < 1.29 is 17.6 Å². The molecule has 1 heterocycles. The minimum Gasteiger partial charge on any atom is -0.419 e. The topological polar surface area (TPSA) is 155 Å². The van der Waals surface area contributed by atoms with Crippen LogP contribution < -0.4 is 15.4 Å². The molecule has 2 aromatic carbocycles. The molecule has 3 aromatic rings. The molecule has 33 heavy (non-hydrogen) atoms. The highest BCUT2D eigenvalue weighted by atomic mass is 32.2. The molecule has 0 saturated heterocycles. The molecular weight excluding hydrogens is 444 g/mol.